The van der Waals surface area contributed by atoms with Crippen molar-refractivity contribution in [3.8, 4) is 0 Å². The molecule has 16 heavy (non-hydrogen) atoms. The Kier molecular flexibility index (Phi) is 3.36. The van der Waals surface area contributed by atoms with Gasteiger partial charge in [0.05, 0.1) is 5.02 Å². The summed E-state index contributed by atoms with van der Waals surface area (Å²) in [7, 11) is 0. The summed E-state index contributed by atoms with van der Waals surface area (Å²) in [4.78, 5) is 15.7. The zero-order valence-corrected chi connectivity index (χ0v) is 10.3. The van der Waals surface area contributed by atoms with E-state index in [0.717, 1.165) is 12.8 Å². The van der Waals surface area contributed by atoms with E-state index in [0.29, 0.717) is 10.9 Å². The van der Waals surface area contributed by atoms with E-state index >= 15 is 0 Å². The molecule has 1 aromatic heterocycles. The number of aromatic nitrogens is 1. The maximum absolute atomic E-state index is 11.8. The Morgan fingerprint density at radius 3 is 2.75 bits per heavy atom. The number of pyridine rings is 1. The molecule has 1 aliphatic carbocycles. The maximum Gasteiger partial charge on any atom is 0.271 e. The number of carbonyl (C=O) groups excluding carboxylic acids is 1. The van der Waals surface area contributed by atoms with Crippen LogP contribution < -0.4 is 5.32 Å². The molecular weight excluding hydrogens is 247 g/mol. The second-order valence-electron chi connectivity index (χ2n) is 4.21. The summed E-state index contributed by atoms with van der Waals surface area (Å²) in [5.41, 5.74) is 0.203. The van der Waals surface area contributed by atoms with Crippen LogP contribution in [-0.4, -0.2) is 16.9 Å². The highest BCUT2D eigenvalue weighted by molar-refractivity contribution is 6.34. The second kappa shape index (κ2) is 4.60. The predicted octanol–water partition coefficient (Wildman–Crippen LogP) is 2.92. The van der Waals surface area contributed by atoms with E-state index in [2.05, 4.69) is 17.2 Å². The van der Waals surface area contributed by atoms with Crippen molar-refractivity contribution in [3.05, 3.63) is 28.0 Å². The van der Waals surface area contributed by atoms with E-state index in [1.54, 1.807) is 12.1 Å². The average molecular weight is 259 g/mol. The highest BCUT2D eigenvalue weighted by atomic mass is 35.5. The van der Waals surface area contributed by atoms with Crippen LogP contribution in [-0.2, 0) is 0 Å². The summed E-state index contributed by atoms with van der Waals surface area (Å²) in [5, 5.41) is 3.49. The van der Waals surface area contributed by atoms with Crippen molar-refractivity contribution < 1.29 is 4.79 Å². The molecule has 1 amide bonds. The second-order valence-corrected chi connectivity index (χ2v) is 5.01. The summed E-state index contributed by atoms with van der Waals surface area (Å²) in [5.74, 6) is 0.442. The van der Waals surface area contributed by atoms with Gasteiger partial charge < -0.3 is 5.32 Å². The molecule has 0 atom stereocenters. The molecule has 1 heterocycles. The number of hydrogen-bond donors (Lipinski definition) is 1. The van der Waals surface area contributed by atoms with Crippen molar-refractivity contribution >= 4 is 29.1 Å². The first kappa shape index (κ1) is 11.7. The van der Waals surface area contributed by atoms with Crippen molar-refractivity contribution in [1.82, 2.24) is 10.3 Å². The van der Waals surface area contributed by atoms with Gasteiger partial charge in [0.15, 0.2) is 0 Å². The molecule has 2 rings (SSSR count). The van der Waals surface area contributed by atoms with E-state index in [-0.39, 0.29) is 22.8 Å². The smallest absolute Gasteiger partial charge is 0.271 e. The van der Waals surface area contributed by atoms with Crippen LogP contribution in [0.2, 0.25) is 10.2 Å². The molecule has 0 saturated heterocycles. The number of rotatable bonds is 2. The normalized spacial score (nSPS) is 23.7. The van der Waals surface area contributed by atoms with Gasteiger partial charge in [-0.1, -0.05) is 30.1 Å². The fourth-order valence-corrected chi connectivity index (χ4v) is 2.19. The fraction of sp³-hybridized carbons (Fsp3) is 0.455. The van der Waals surface area contributed by atoms with Crippen molar-refractivity contribution in [2.45, 2.75) is 25.8 Å². The lowest BCUT2D eigenvalue weighted by molar-refractivity contribution is 0.0891. The van der Waals surface area contributed by atoms with E-state index in [1.807, 2.05) is 0 Å². The Hall–Kier alpha value is -0.800. The van der Waals surface area contributed by atoms with E-state index < -0.39 is 0 Å². The van der Waals surface area contributed by atoms with E-state index in [1.165, 1.54) is 0 Å². The first-order valence-corrected chi connectivity index (χ1v) is 5.94. The molecule has 0 aromatic carbocycles. The summed E-state index contributed by atoms with van der Waals surface area (Å²) in [6.45, 7) is 2.16. The number of carbonyl (C=O) groups is 1. The molecule has 86 valence electrons. The zero-order chi connectivity index (χ0) is 11.7. The van der Waals surface area contributed by atoms with Gasteiger partial charge in [0, 0.05) is 6.04 Å². The average Bonchev–Trinajstić information content (AvgIpc) is 2.19. The van der Waals surface area contributed by atoms with Crippen LogP contribution in [0.3, 0.4) is 0 Å². The first-order chi connectivity index (χ1) is 7.56. The van der Waals surface area contributed by atoms with Gasteiger partial charge in [-0.05, 0) is 30.9 Å². The number of nitrogens with zero attached hydrogens (tertiary/aromatic N) is 1. The molecule has 5 heteroatoms. The molecule has 1 fully saturated rings. The molecule has 1 N–H and O–H groups in total. The Balaban J connectivity index is 2.05. The number of nitrogens with one attached hydrogen (secondary N) is 1. The molecular formula is C11H12Cl2N2O. The lowest BCUT2D eigenvalue weighted by atomic mass is 9.82. The number of amides is 1. The highest BCUT2D eigenvalue weighted by Gasteiger charge is 2.27. The molecule has 3 nitrogen and oxygen atoms in total. The molecule has 1 aliphatic rings. The van der Waals surface area contributed by atoms with E-state index in [9.17, 15) is 4.79 Å². The minimum atomic E-state index is -0.246. The largest absolute Gasteiger partial charge is 0.348 e. The lowest BCUT2D eigenvalue weighted by Crippen LogP contribution is -2.43. The van der Waals surface area contributed by atoms with Crippen LogP contribution >= 0.6 is 23.2 Å². The van der Waals surface area contributed by atoms with Gasteiger partial charge in [0.25, 0.3) is 5.91 Å². The highest BCUT2D eigenvalue weighted by Crippen LogP contribution is 2.27. The molecule has 0 unspecified atom stereocenters. The lowest BCUT2D eigenvalue weighted by Gasteiger charge is -2.33. The summed E-state index contributed by atoms with van der Waals surface area (Å²) in [6, 6.07) is 3.39. The van der Waals surface area contributed by atoms with Crippen molar-refractivity contribution in [2.24, 2.45) is 5.92 Å². The van der Waals surface area contributed by atoms with Gasteiger partial charge in [-0.2, -0.15) is 0 Å². The zero-order valence-electron chi connectivity index (χ0n) is 8.84. The van der Waals surface area contributed by atoms with Crippen LogP contribution in [0.1, 0.15) is 30.3 Å². The molecule has 1 aromatic rings. The van der Waals surface area contributed by atoms with Crippen molar-refractivity contribution in [1.29, 1.82) is 0 Å². The minimum Gasteiger partial charge on any atom is -0.348 e. The summed E-state index contributed by atoms with van der Waals surface area (Å²) in [6.07, 6.45) is 2.04. The SMILES string of the molecule is CC1CC(NC(=O)c2nc(Cl)ccc2Cl)C1. The quantitative estimate of drug-likeness (QED) is 0.830. The third-order valence-electron chi connectivity index (χ3n) is 2.74. The Morgan fingerprint density at radius 2 is 2.12 bits per heavy atom. The Labute approximate surface area is 104 Å². The van der Waals surface area contributed by atoms with Crippen molar-refractivity contribution in [2.75, 3.05) is 0 Å². The van der Waals surface area contributed by atoms with Crippen LogP contribution in [0.5, 0.6) is 0 Å². The van der Waals surface area contributed by atoms with Crippen molar-refractivity contribution in [3.63, 3.8) is 0 Å². The molecule has 1 saturated carbocycles. The maximum atomic E-state index is 11.8. The third kappa shape index (κ3) is 2.47. The topological polar surface area (TPSA) is 42.0 Å². The third-order valence-corrected chi connectivity index (χ3v) is 3.25. The predicted molar refractivity (Wildman–Crippen MR) is 63.9 cm³/mol. The summed E-state index contributed by atoms with van der Waals surface area (Å²) >= 11 is 11.6. The molecule has 0 spiro atoms. The first-order valence-electron chi connectivity index (χ1n) is 5.19. The van der Waals surface area contributed by atoms with Gasteiger partial charge in [-0.3, -0.25) is 4.79 Å². The van der Waals surface area contributed by atoms with Crippen LogP contribution in [0, 0.1) is 5.92 Å². The molecule has 0 radical (unpaired) electrons. The van der Waals surface area contributed by atoms with Gasteiger partial charge >= 0.3 is 0 Å². The van der Waals surface area contributed by atoms with Gasteiger partial charge in [-0.25, -0.2) is 4.98 Å². The number of halogens is 2. The van der Waals surface area contributed by atoms with E-state index in [4.69, 9.17) is 23.2 Å². The Morgan fingerprint density at radius 1 is 1.44 bits per heavy atom. The van der Waals surface area contributed by atoms with Gasteiger partial charge in [0.2, 0.25) is 0 Å². The Bertz CT molecular complexity index is 416. The molecule has 0 aliphatic heterocycles. The summed E-state index contributed by atoms with van der Waals surface area (Å²) < 4.78 is 0. The van der Waals surface area contributed by atoms with Crippen LogP contribution in [0.25, 0.3) is 0 Å². The standard InChI is InChI=1S/C11H12Cl2N2O/c1-6-4-7(5-6)14-11(16)10-8(12)2-3-9(13)15-10/h2-3,6-7H,4-5H2,1H3,(H,14,16). The van der Waals surface area contributed by atoms with Crippen LogP contribution in [0.4, 0.5) is 0 Å². The minimum absolute atomic E-state index is 0.203. The number of hydrogen-bond acceptors (Lipinski definition) is 2. The van der Waals surface area contributed by atoms with Gasteiger partial charge in [-0.15, -0.1) is 0 Å². The molecule has 0 bridgehead atoms. The van der Waals surface area contributed by atoms with Crippen LogP contribution in [0.15, 0.2) is 12.1 Å². The fourth-order valence-electron chi connectivity index (χ4n) is 1.85. The van der Waals surface area contributed by atoms with Gasteiger partial charge in [0.1, 0.15) is 10.8 Å². The monoisotopic (exact) mass is 258 g/mol.